The predicted molar refractivity (Wildman–Crippen MR) is 81.6 cm³/mol. The molecule has 0 amide bonds. The van der Waals surface area contributed by atoms with Crippen molar-refractivity contribution in [2.75, 3.05) is 26.2 Å². The van der Waals surface area contributed by atoms with Gasteiger partial charge in [-0.15, -0.1) is 0 Å². The quantitative estimate of drug-likeness (QED) is 0.897. The summed E-state index contributed by atoms with van der Waals surface area (Å²) in [6.07, 6.45) is 3.59. The van der Waals surface area contributed by atoms with Crippen LogP contribution in [0.3, 0.4) is 0 Å². The average molecular weight is 328 g/mol. The minimum Gasteiger partial charge on any atom is -0.302 e. The third-order valence-corrected chi connectivity index (χ3v) is 5.46. The summed E-state index contributed by atoms with van der Waals surface area (Å²) in [5.74, 6) is 0. The van der Waals surface area contributed by atoms with E-state index in [9.17, 15) is 8.42 Å². The summed E-state index contributed by atoms with van der Waals surface area (Å²) in [7, 11) is -3.68. The molecule has 2 rings (SSSR count). The van der Waals surface area contributed by atoms with Crippen molar-refractivity contribution in [1.82, 2.24) is 9.62 Å². The van der Waals surface area contributed by atoms with Crippen molar-refractivity contribution in [2.45, 2.75) is 24.2 Å². The van der Waals surface area contributed by atoms with E-state index in [2.05, 4.69) is 9.62 Å². The summed E-state index contributed by atoms with van der Waals surface area (Å²) in [6.45, 7) is 3.07. The molecule has 0 spiro atoms. The number of likely N-dealkylation sites (tertiary alicyclic amines) is 1. The normalized spacial score (nSPS) is 16.6. The maximum Gasteiger partial charge on any atom is 0.242 e. The standard InChI is InChI=1S/C14H18ClN3O2S/c15-13-5-4-12(11-16)10-14(13)21(19,20)17-6-9-18-7-2-1-3-8-18/h4-5,10,17H,1-3,6-9H2. The van der Waals surface area contributed by atoms with Gasteiger partial charge in [-0.25, -0.2) is 13.1 Å². The summed E-state index contributed by atoms with van der Waals surface area (Å²) < 4.78 is 27.0. The molecule has 1 aliphatic rings. The van der Waals surface area contributed by atoms with Gasteiger partial charge >= 0.3 is 0 Å². The largest absolute Gasteiger partial charge is 0.302 e. The second-order valence-electron chi connectivity index (χ2n) is 5.06. The average Bonchev–Trinajstić information content (AvgIpc) is 2.48. The fraction of sp³-hybridized carbons (Fsp3) is 0.500. The summed E-state index contributed by atoms with van der Waals surface area (Å²) >= 11 is 5.93. The van der Waals surface area contributed by atoms with E-state index in [1.165, 1.54) is 37.5 Å². The van der Waals surface area contributed by atoms with Crippen LogP contribution < -0.4 is 4.72 Å². The Morgan fingerprint density at radius 2 is 2.00 bits per heavy atom. The number of piperidine rings is 1. The number of sulfonamides is 1. The van der Waals surface area contributed by atoms with Gasteiger partial charge in [0.05, 0.1) is 16.7 Å². The summed E-state index contributed by atoms with van der Waals surface area (Å²) in [5, 5.41) is 8.97. The van der Waals surface area contributed by atoms with E-state index < -0.39 is 10.0 Å². The first kappa shape index (κ1) is 16.2. The van der Waals surface area contributed by atoms with E-state index >= 15 is 0 Å². The molecule has 114 valence electrons. The molecular weight excluding hydrogens is 310 g/mol. The molecule has 1 aromatic carbocycles. The van der Waals surface area contributed by atoms with Gasteiger partial charge in [-0.3, -0.25) is 0 Å². The molecular formula is C14H18ClN3O2S. The molecule has 1 aromatic rings. The Kier molecular flexibility index (Phi) is 5.59. The van der Waals surface area contributed by atoms with Crippen molar-refractivity contribution in [3.05, 3.63) is 28.8 Å². The SMILES string of the molecule is N#Cc1ccc(Cl)c(S(=O)(=O)NCCN2CCCCC2)c1. The van der Waals surface area contributed by atoms with Crippen LogP contribution in [0.5, 0.6) is 0 Å². The van der Waals surface area contributed by atoms with E-state index in [1.54, 1.807) is 0 Å². The monoisotopic (exact) mass is 327 g/mol. The first-order chi connectivity index (χ1) is 10.0. The van der Waals surface area contributed by atoms with Gasteiger partial charge < -0.3 is 4.90 Å². The number of rotatable bonds is 5. The Hall–Kier alpha value is -1.13. The molecule has 1 N–H and O–H groups in total. The summed E-state index contributed by atoms with van der Waals surface area (Å²) in [6, 6.07) is 6.14. The van der Waals surface area contributed by atoms with E-state index in [1.807, 2.05) is 6.07 Å². The van der Waals surface area contributed by atoms with E-state index in [0.29, 0.717) is 13.1 Å². The first-order valence-electron chi connectivity index (χ1n) is 6.94. The van der Waals surface area contributed by atoms with Gasteiger partial charge in [-0.05, 0) is 44.1 Å². The highest BCUT2D eigenvalue weighted by atomic mass is 35.5. The van der Waals surface area contributed by atoms with Crippen LogP contribution in [0.25, 0.3) is 0 Å². The minimum atomic E-state index is -3.68. The number of nitriles is 1. The van der Waals surface area contributed by atoms with Crippen molar-refractivity contribution in [3.63, 3.8) is 0 Å². The Morgan fingerprint density at radius 3 is 2.67 bits per heavy atom. The third kappa shape index (κ3) is 4.42. The number of hydrogen-bond acceptors (Lipinski definition) is 4. The van der Waals surface area contributed by atoms with Crippen molar-refractivity contribution >= 4 is 21.6 Å². The molecule has 1 aliphatic heterocycles. The molecule has 1 saturated heterocycles. The molecule has 0 saturated carbocycles. The lowest BCUT2D eigenvalue weighted by Crippen LogP contribution is -2.37. The lowest BCUT2D eigenvalue weighted by Gasteiger charge is -2.26. The number of benzene rings is 1. The highest BCUT2D eigenvalue weighted by Gasteiger charge is 2.19. The molecule has 0 aromatic heterocycles. The zero-order chi connectivity index (χ0) is 15.3. The molecule has 0 atom stereocenters. The molecule has 0 radical (unpaired) electrons. The van der Waals surface area contributed by atoms with Gasteiger partial charge in [0.1, 0.15) is 4.90 Å². The smallest absolute Gasteiger partial charge is 0.242 e. The number of hydrogen-bond donors (Lipinski definition) is 1. The van der Waals surface area contributed by atoms with Crippen LogP contribution in [0, 0.1) is 11.3 Å². The molecule has 21 heavy (non-hydrogen) atoms. The Bertz CT molecular complexity index is 634. The van der Waals surface area contributed by atoms with Crippen LogP contribution in [0.15, 0.2) is 23.1 Å². The second kappa shape index (κ2) is 7.23. The topological polar surface area (TPSA) is 73.2 Å². The number of nitrogens with one attached hydrogen (secondary N) is 1. The van der Waals surface area contributed by atoms with Crippen LogP contribution in [0.4, 0.5) is 0 Å². The van der Waals surface area contributed by atoms with Gasteiger partial charge in [0, 0.05) is 13.1 Å². The van der Waals surface area contributed by atoms with Crippen LogP contribution in [-0.2, 0) is 10.0 Å². The lowest BCUT2D eigenvalue weighted by molar-refractivity contribution is 0.233. The van der Waals surface area contributed by atoms with Crippen LogP contribution in [0.1, 0.15) is 24.8 Å². The second-order valence-corrected chi connectivity index (χ2v) is 7.20. The third-order valence-electron chi connectivity index (χ3n) is 3.52. The van der Waals surface area contributed by atoms with E-state index in [4.69, 9.17) is 16.9 Å². The Balaban J connectivity index is 1.99. The van der Waals surface area contributed by atoms with Crippen LogP contribution in [-0.4, -0.2) is 39.5 Å². The van der Waals surface area contributed by atoms with Crippen molar-refractivity contribution in [2.24, 2.45) is 0 Å². The molecule has 5 nitrogen and oxygen atoms in total. The summed E-state index contributed by atoms with van der Waals surface area (Å²) in [4.78, 5) is 2.21. The molecule has 0 unspecified atom stereocenters. The number of halogens is 1. The highest BCUT2D eigenvalue weighted by molar-refractivity contribution is 7.89. The fourth-order valence-corrected chi connectivity index (χ4v) is 3.92. The maximum atomic E-state index is 12.2. The van der Waals surface area contributed by atoms with Gasteiger partial charge in [0.2, 0.25) is 10.0 Å². The van der Waals surface area contributed by atoms with E-state index in [-0.39, 0.29) is 15.5 Å². The molecule has 1 fully saturated rings. The van der Waals surface area contributed by atoms with Crippen LogP contribution in [0.2, 0.25) is 5.02 Å². The zero-order valence-corrected chi connectivity index (χ0v) is 13.3. The minimum absolute atomic E-state index is 0.0399. The van der Waals surface area contributed by atoms with Crippen LogP contribution >= 0.6 is 11.6 Å². The lowest BCUT2D eigenvalue weighted by atomic mass is 10.1. The molecule has 0 bridgehead atoms. The zero-order valence-electron chi connectivity index (χ0n) is 11.7. The number of nitrogens with zero attached hydrogens (tertiary/aromatic N) is 2. The fourth-order valence-electron chi connectivity index (χ4n) is 2.38. The van der Waals surface area contributed by atoms with Gasteiger partial charge in [0.15, 0.2) is 0 Å². The maximum absolute atomic E-state index is 12.2. The van der Waals surface area contributed by atoms with Crippen molar-refractivity contribution < 1.29 is 8.42 Å². The molecule has 0 aliphatic carbocycles. The Morgan fingerprint density at radius 1 is 1.29 bits per heavy atom. The molecule has 7 heteroatoms. The van der Waals surface area contributed by atoms with Crippen molar-refractivity contribution in [3.8, 4) is 6.07 Å². The highest BCUT2D eigenvalue weighted by Crippen LogP contribution is 2.22. The van der Waals surface area contributed by atoms with Crippen molar-refractivity contribution in [1.29, 1.82) is 5.26 Å². The molecule has 1 heterocycles. The van der Waals surface area contributed by atoms with Gasteiger partial charge in [-0.1, -0.05) is 18.0 Å². The van der Waals surface area contributed by atoms with Gasteiger partial charge in [0.25, 0.3) is 0 Å². The first-order valence-corrected chi connectivity index (χ1v) is 8.81. The predicted octanol–water partition coefficient (Wildman–Crippen LogP) is 1.98. The summed E-state index contributed by atoms with van der Waals surface area (Å²) in [5.41, 5.74) is 0.274. The Labute approximate surface area is 130 Å². The van der Waals surface area contributed by atoms with Gasteiger partial charge in [-0.2, -0.15) is 5.26 Å². The van der Waals surface area contributed by atoms with E-state index in [0.717, 1.165) is 13.1 Å².